The molecule has 0 bridgehead atoms. The number of nitrogens with one attached hydrogen (secondary N) is 1. The maximum absolute atomic E-state index is 11.1. The van der Waals surface area contributed by atoms with Crippen molar-refractivity contribution in [3.63, 3.8) is 0 Å². The molecule has 0 aliphatic carbocycles. The minimum Gasteiger partial charge on any atom is -0.368 e. The number of aromatic nitrogens is 5. The summed E-state index contributed by atoms with van der Waals surface area (Å²) in [6, 6.07) is 7.73. The summed E-state index contributed by atoms with van der Waals surface area (Å²) in [5.74, 6) is 0.709. The molecule has 0 radical (unpaired) electrons. The van der Waals surface area contributed by atoms with Gasteiger partial charge in [0.15, 0.2) is 5.82 Å². The van der Waals surface area contributed by atoms with Gasteiger partial charge >= 0.3 is 5.69 Å². The van der Waals surface area contributed by atoms with Crippen molar-refractivity contribution < 1.29 is 4.92 Å². The van der Waals surface area contributed by atoms with Crippen molar-refractivity contribution in [2.24, 2.45) is 0 Å². The molecule has 0 saturated heterocycles. The van der Waals surface area contributed by atoms with E-state index in [1.165, 1.54) is 4.68 Å². The van der Waals surface area contributed by atoms with Crippen molar-refractivity contribution in [2.45, 2.75) is 27.3 Å². The third-order valence-electron chi connectivity index (χ3n) is 3.82. The Balaban J connectivity index is 1.87. The first-order chi connectivity index (χ1) is 12.3. The maximum Gasteiger partial charge on any atom is 0.312 e. The number of nitrogen functional groups attached to an aromatic ring is 1. The lowest BCUT2D eigenvalue weighted by molar-refractivity contribution is -0.386. The zero-order valence-electron chi connectivity index (χ0n) is 14.6. The SMILES string of the molecule is Cc1ccc(Nc2nc(N)nc(Cn3nc(C)c([N+](=O)[O-])c3C)n2)cc1. The van der Waals surface area contributed by atoms with Gasteiger partial charge in [-0.1, -0.05) is 17.7 Å². The monoisotopic (exact) mass is 354 g/mol. The van der Waals surface area contributed by atoms with Crippen molar-refractivity contribution in [3.8, 4) is 0 Å². The number of rotatable bonds is 5. The van der Waals surface area contributed by atoms with Crippen LogP contribution in [0, 0.1) is 30.9 Å². The predicted octanol–water partition coefficient (Wildman–Crippen LogP) is 2.28. The van der Waals surface area contributed by atoms with E-state index in [1.54, 1.807) is 13.8 Å². The Morgan fingerprint density at radius 2 is 1.85 bits per heavy atom. The van der Waals surface area contributed by atoms with Gasteiger partial charge in [0.1, 0.15) is 17.9 Å². The normalized spacial score (nSPS) is 10.7. The molecule has 0 spiro atoms. The summed E-state index contributed by atoms with van der Waals surface area (Å²) >= 11 is 0. The fraction of sp³-hybridized carbons (Fsp3) is 0.250. The molecule has 10 heteroatoms. The molecule has 10 nitrogen and oxygen atoms in total. The van der Waals surface area contributed by atoms with Gasteiger partial charge < -0.3 is 11.1 Å². The number of nitro groups is 1. The van der Waals surface area contributed by atoms with Crippen LogP contribution < -0.4 is 11.1 Å². The van der Waals surface area contributed by atoms with Gasteiger partial charge in [-0.25, -0.2) is 0 Å². The van der Waals surface area contributed by atoms with Crippen molar-refractivity contribution in [1.29, 1.82) is 0 Å². The lowest BCUT2D eigenvalue weighted by Crippen LogP contribution is -2.12. The second-order valence-electron chi connectivity index (χ2n) is 5.86. The van der Waals surface area contributed by atoms with E-state index in [0.717, 1.165) is 11.3 Å². The average molecular weight is 354 g/mol. The number of hydrogen-bond donors (Lipinski definition) is 2. The zero-order valence-corrected chi connectivity index (χ0v) is 14.6. The fourth-order valence-electron chi connectivity index (χ4n) is 2.57. The minimum absolute atomic E-state index is 0.00923. The molecule has 3 aromatic rings. The highest BCUT2D eigenvalue weighted by atomic mass is 16.6. The molecule has 3 rings (SSSR count). The van der Waals surface area contributed by atoms with Gasteiger partial charge in [-0.15, -0.1) is 0 Å². The quantitative estimate of drug-likeness (QED) is 0.525. The summed E-state index contributed by atoms with van der Waals surface area (Å²) in [5, 5.41) is 18.4. The highest BCUT2D eigenvalue weighted by Gasteiger charge is 2.22. The average Bonchev–Trinajstić information content (AvgIpc) is 2.83. The summed E-state index contributed by atoms with van der Waals surface area (Å²) in [4.78, 5) is 23.2. The van der Waals surface area contributed by atoms with Crippen LogP contribution in [0.3, 0.4) is 0 Å². The van der Waals surface area contributed by atoms with E-state index >= 15 is 0 Å². The first kappa shape index (κ1) is 17.3. The highest BCUT2D eigenvalue weighted by molar-refractivity contribution is 5.54. The zero-order chi connectivity index (χ0) is 18.8. The number of anilines is 3. The minimum atomic E-state index is -0.444. The molecule has 26 heavy (non-hydrogen) atoms. The van der Waals surface area contributed by atoms with Gasteiger partial charge in [0.2, 0.25) is 11.9 Å². The third-order valence-corrected chi connectivity index (χ3v) is 3.82. The van der Waals surface area contributed by atoms with E-state index in [-0.39, 0.29) is 18.2 Å². The topological polar surface area (TPSA) is 138 Å². The van der Waals surface area contributed by atoms with Crippen LogP contribution in [0.25, 0.3) is 0 Å². The van der Waals surface area contributed by atoms with Crippen LogP contribution >= 0.6 is 0 Å². The molecule has 0 atom stereocenters. The Morgan fingerprint density at radius 1 is 1.15 bits per heavy atom. The van der Waals surface area contributed by atoms with Crippen LogP contribution in [0.15, 0.2) is 24.3 Å². The number of benzene rings is 1. The molecule has 0 unspecified atom stereocenters. The van der Waals surface area contributed by atoms with Crippen LogP contribution in [0.1, 0.15) is 22.8 Å². The largest absolute Gasteiger partial charge is 0.368 e. The number of hydrogen-bond acceptors (Lipinski definition) is 8. The lowest BCUT2D eigenvalue weighted by Gasteiger charge is -2.08. The van der Waals surface area contributed by atoms with Crippen molar-refractivity contribution in [3.05, 3.63) is 57.2 Å². The van der Waals surface area contributed by atoms with Gasteiger partial charge in [0.25, 0.3) is 0 Å². The molecular weight excluding hydrogens is 336 g/mol. The molecule has 0 fully saturated rings. The summed E-state index contributed by atoms with van der Waals surface area (Å²) in [5.41, 5.74) is 8.48. The summed E-state index contributed by atoms with van der Waals surface area (Å²) in [6.07, 6.45) is 0. The Kier molecular flexibility index (Phi) is 4.48. The summed E-state index contributed by atoms with van der Waals surface area (Å²) in [6.45, 7) is 5.37. The first-order valence-corrected chi connectivity index (χ1v) is 7.86. The second kappa shape index (κ2) is 6.75. The molecule has 1 aromatic carbocycles. The second-order valence-corrected chi connectivity index (χ2v) is 5.86. The molecule has 2 aromatic heterocycles. The smallest absolute Gasteiger partial charge is 0.312 e. The van der Waals surface area contributed by atoms with Crippen molar-refractivity contribution in [1.82, 2.24) is 24.7 Å². The number of aryl methyl sites for hydroxylation is 2. The Bertz CT molecular complexity index is 965. The van der Waals surface area contributed by atoms with Gasteiger partial charge in [-0.2, -0.15) is 20.1 Å². The van der Waals surface area contributed by atoms with E-state index in [9.17, 15) is 10.1 Å². The van der Waals surface area contributed by atoms with Gasteiger partial charge in [-0.3, -0.25) is 14.8 Å². The van der Waals surface area contributed by atoms with Crippen LogP contribution in [-0.2, 0) is 6.54 Å². The molecular formula is C16H18N8O2. The van der Waals surface area contributed by atoms with Crippen LogP contribution in [0.2, 0.25) is 0 Å². The number of nitrogens with two attached hydrogens (primary N) is 1. The standard InChI is InChI=1S/C16H18N8O2/c1-9-4-6-12(7-5-9)18-16-20-13(19-15(17)21-16)8-23-11(3)14(24(25)26)10(2)22-23/h4-7H,8H2,1-3H3,(H3,17,18,19,20,21). The Labute approximate surface area is 149 Å². The van der Waals surface area contributed by atoms with E-state index in [2.05, 4.69) is 25.4 Å². The molecule has 0 amide bonds. The Morgan fingerprint density at radius 3 is 2.46 bits per heavy atom. The molecule has 2 heterocycles. The van der Waals surface area contributed by atoms with Crippen molar-refractivity contribution >= 4 is 23.3 Å². The molecule has 0 aliphatic rings. The van der Waals surface area contributed by atoms with Gasteiger partial charge in [-0.05, 0) is 32.9 Å². The van der Waals surface area contributed by atoms with Gasteiger partial charge in [0, 0.05) is 5.69 Å². The van der Waals surface area contributed by atoms with E-state index in [4.69, 9.17) is 5.73 Å². The van der Waals surface area contributed by atoms with Crippen molar-refractivity contribution in [2.75, 3.05) is 11.1 Å². The summed E-state index contributed by atoms with van der Waals surface area (Å²) in [7, 11) is 0. The van der Waals surface area contributed by atoms with E-state index in [0.29, 0.717) is 23.2 Å². The maximum atomic E-state index is 11.1. The van der Waals surface area contributed by atoms with Crippen LogP contribution in [0.4, 0.5) is 23.3 Å². The van der Waals surface area contributed by atoms with Gasteiger partial charge in [0.05, 0.1) is 4.92 Å². The fourth-order valence-corrected chi connectivity index (χ4v) is 2.57. The Hall–Kier alpha value is -3.56. The first-order valence-electron chi connectivity index (χ1n) is 7.86. The predicted molar refractivity (Wildman–Crippen MR) is 96.2 cm³/mol. The van der Waals surface area contributed by atoms with Crippen LogP contribution in [0.5, 0.6) is 0 Å². The molecule has 134 valence electrons. The third kappa shape index (κ3) is 3.58. The highest BCUT2D eigenvalue weighted by Crippen LogP contribution is 2.22. The van der Waals surface area contributed by atoms with E-state index in [1.807, 2.05) is 31.2 Å². The molecule has 3 N–H and O–H groups in total. The number of nitrogens with zero attached hydrogens (tertiary/aromatic N) is 6. The summed E-state index contributed by atoms with van der Waals surface area (Å²) < 4.78 is 1.48. The van der Waals surface area contributed by atoms with E-state index < -0.39 is 4.92 Å². The molecule has 0 saturated carbocycles. The lowest BCUT2D eigenvalue weighted by atomic mass is 10.2. The molecule has 0 aliphatic heterocycles. The van der Waals surface area contributed by atoms with Crippen LogP contribution in [-0.4, -0.2) is 29.7 Å².